The molecular formula is C52H87NO7. The van der Waals surface area contributed by atoms with Gasteiger partial charge in [0, 0.05) is 19.3 Å². The van der Waals surface area contributed by atoms with Crippen molar-refractivity contribution in [1.29, 1.82) is 0 Å². The number of likely N-dealkylation sites (N-methyl/N-ethyl adjacent to an activating group) is 1. The average molecular weight is 838 g/mol. The number of hydrogen-bond acceptors (Lipinski definition) is 7. The van der Waals surface area contributed by atoms with Gasteiger partial charge in [-0.05, 0) is 89.9 Å². The Morgan fingerprint density at radius 3 is 1.43 bits per heavy atom. The molecule has 0 aromatic heterocycles. The van der Waals surface area contributed by atoms with Gasteiger partial charge in [0.15, 0.2) is 6.10 Å². The van der Waals surface area contributed by atoms with Crippen LogP contribution in [0.15, 0.2) is 85.1 Å². The van der Waals surface area contributed by atoms with Gasteiger partial charge in [0.25, 0.3) is 0 Å². The van der Waals surface area contributed by atoms with Crippen molar-refractivity contribution in [1.82, 2.24) is 0 Å². The van der Waals surface area contributed by atoms with E-state index in [4.69, 9.17) is 14.2 Å². The molecule has 8 nitrogen and oxygen atoms in total. The van der Waals surface area contributed by atoms with E-state index < -0.39 is 18.1 Å². The van der Waals surface area contributed by atoms with Gasteiger partial charge in [-0.15, -0.1) is 0 Å². The molecule has 342 valence electrons. The molecule has 0 aliphatic rings. The summed E-state index contributed by atoms with van der Waals surface area (Å²) in [5, 5.41) is 11.6. The molecule has 8 heteroatoms. The van der Waals surface area contributed by atoms with Crippen molar-refractivity contribution in [3.05, 3.63) is 85.1 Å². The number of ether oxygens (including phenoxy) is 3. The van der Waals surface area contributed by atoms with Gasteiger partial charge in [-0.2, -0.15) is 0 Å². The van der Waals surface area contributed by atoms with Gasteiger partial charge in [0.1, 0.15) is 12.6 Å². The van der Waals surface area contributed by atoms with Crippen molar-refractivity contribution >= 4 is 17.9 Å². The molecule has 0 spiro atoms. The zero-order chi connectivity index (χ0) is 44.2. The fourth-order valence-electron chi connectivity index (χ4n) is 6.36. The summed E-state index contributed by atoms with van der Waals surface area (Å²) < 4.78 is 17.1. The first kappa shape index (κ1) is 56.5. The number of carboxylic acids is 1. The molecule has 0 saturated heterocycles. The summed E-state index contributed by atoms with van der Waals surface area (Å²) in [4.78, 5) is 36.9. The highest BCUT2D eigenvalue weighted by Crippen LogP contribution is 2.13. The Kier molecular flexibility index (Phi) is 39.8. The maximum absolute atomic E-state index is 12.7. The summed E-state index contributed by atoms with van der Waals surface area (Å²) in [5.41, 5.74) is 0. The van der Waals surface area contributed by atoms with Crippen LogP contribution in [0.1, 0.15) is 174 Å². The first-order chi connectivity index (χ1) is 29.1. The molecule has 0 aromatic rings. The zero-order valence-electron chi connectivity index (χ0n) is 38.8. The largest absolute Gasteiger partial charge is 0.544 e. The average Bonchev–Trinajstić information content (AvgIpc) is 3.21. The molecule has 0 fully saturated rings. The zero-order valence-corrected chi connectivity index (χ0v) is 38.8. The van der Waals surface area contributed by atoms with Crippen molar-refractivity contribution in [2.75, 3.05) is 41.0 Å². The standard InChI is InChI=1S/C52H87NO7/c1-6-8-10-12-14-16-18-20-22-23-24-25-26-27-29-31-33-35-37-39-41-43-51(55)60-48(46-58-45-44-49(52(56)57)53(3,4)5)47-59-50(54)42-40-38-36-34-32-30-28-21-19-17-15-13-11-9-7-2/h8,10,14,16-17,19-20,22,24-25,27,29,33,35,48-49H,6-7,9,11-13,15,18,21,23,26,28,30-32,34,36-47H2,1-5H3/b10-8+,16-14+,19-17+,22-20+,25-24+,29-27+,35-33+. The number of nitrogens with zero attached hydrogens (tertiary/aromatic N) is 1. The van der Waals surface area contributed by atoms with E-state index in [9.17, 15) is 19.5 Å². The lowest BCUT2D eigenvalue weighted by molar-refractivity contribution is -0.889. The van der Waals surface area contributed by atoms with Gasteiger partial charge in [-0.3, -0.25) is 9.59 Å². The number of carboxylic acid groups (broad SMARTS) is 1. The van der Waals surface area contributed by atoms with Gasteiger partial charge in [0.2, 0.25) is 0 Å². The van der Waals surface area contributed by atoms with Gasteiger partial charge >= 0.3 is 11.9 Å². The quantitative estimate of drug-likeness (QED) is 0.0261. The van der Waals surface area contributed by atoms with Crippen LogP contribution in [0.5, 0.6) is 0 Å². The predicted molar refractivity (Wildman–Crippen MR) is 249 cm³/mol. The molecule has 0 aliphatic heterocycles. The van der Waals surface area contributed by atoms with E-state index in [2.05, 4.69) is 98.9 Å². The van der Waals surface area contributed by atoms with Crippen molar-refractivity contribution in [2.24, 2.45) is 0 Å². The summed E-state index contributed by atoms with van der Waals surface area (Å²) >= 11 is 0. The highest BCUT2D eigenvalue weighted by atomic mass is 16.6. The van der Waals surface area contributed by atoms with E-state index >= 15 is 0 Å². The third-order valence-corrected chi connectivity index (χ3v) is 10.0. The number of unbranched alkanes of at least 4 members (excludes halogenated alkanes) is 13. The fourth-order valence-corrected chi connectivity index (χ4v) is 6.36. The number of esters is 2. The number of quaternary nitrogens is 1. The molecule has 60 heavy (non-hydrogen) atoms. The second-order valence-electron chi connectivity index (χ2n) is 16.6. The minimum atomic E-state index is -1.14. The Balaban J connectivity index is 4.42. The second kappa shape index (κ2) is 42.2. The van der Waals surface area contributed by atoms with E-state index in [0.29, 0.717) is 12.8 Å². The van der Waals surface area contributed by atoms with E-state index in [1.165, 1.54) is 64.2 Å². The van der Waals surface area contributed by atoms with Crippen molar-refractivity contribution in [2.45, 2.75) is 187 Å². The van der Waals surface area contributed by atoms with Crippen LogP contribution in [0.4, 0.5) is 0 Å². The molecule has 0 radical (unpaired) electrons. The van der Waals surface area contributed by atoms with Crippen molar-refractivity contribution in [3.63, 3.8) is 0 Å². The van der Waals surface area contributed by atoms with Crippen molar-refractivity contribution < 1.29 is 38.2 Å². The highest BCUT2D eigenvalue weighted by Gasteiger charge is 2.25. The number of hydrogen-bond donors (Lipinski definition) is 0. The minimum absolute atomic E-state index is 0.0171. The Labute approximate surface area is 367 Å². The Hall–Kier alpha value is -3.49. The maximum Gasteiger partial charge on any atom is 0.306 e. The van der Waals surface area contributed by atoms with Crippen molar-refractivity contribution in [3.8, 4) is 0 Å². The number of aliphatic carboxylic acids is 1. The normalized spacial score (nSPS) is 13.7. The smallest absolute Gasteiger partial charge is 0.306 e. The molecule has 2 unspecified atom stereocenters. The Bertz CT molecular complexity index is 1250. The third kappa shape index (κ3) is 39.9. The number of rotatable bonds is 41. The van der Waals surface area contributed by atoms with Gasteiger partial charge < -0.3 is 28.6 Å². The molecule has 0 rings (SSSR count). The molecule has 2 atom stereocenters. The monoisotopic (exact) mass is 838 g/mol. The van der Waals surface area contributed by atoms with E-state index in [0.717, 1.165) is 70.6 Å². The molecule has 0 heterocycles. The van der Waals surface area contributed by atoms with E-state index in [1.54, 1.807) is 21.1 Å². The number of carbonyl (C=O) groups is 3. The minimum Gasteiger partial charge on any atom is -0.544 e. The molecule has 0 bridgehead atoms. The van der Waals surface area contributed by atoms with Crippen LogP contribution in [0.25, 0.3) is 0 Å². The number of allylic oxidation sites excluding steroid dienone is 14. The highest BCUT2D eigenvalue weighted by molar-refractivity contribution is 5.70. The molecule has 0 N–H and O–H groups in total. The van der Waals surface area contributed by atoms with Crippen LogP contribution in [0, 0.1) is 0 Å². The Morgan fingerprint density at radius 2 is 0.933 bits per heavy atom. The summed E-state index contributed by atoms with van der Waals surface area (Å²) in [5.74, 6) is -1.81. The lowest BCUT2D eigenvalue weighted by atomic mass is 10.1. The van der Waals surface area contributed by atoms with Crippen LogP contribution in [0.2, 0.25) is 0 Å². The SMILES string of the molecule is CC/C=C/C/C=C/C/C=C/C/C=C/C/C=C/C/C=C/CCCCC(=O)OC(COCCC(C(=O)[O-])[N+](C)(C)C)COC(=O)CCCCCCCCC/C=C/CCCCCC. The lowest BCUT2D eigenvalue weighted by Crippen LogP contribution is -2.55. The summed E-state index contributed by atoms with van der Waals surface area (Å²) in [6.45, 7) is 4.47. The summed E-state index contributed by atoms with van der Waals surface area (Å²) in [7, 11) is 5.38. The van der Waals surface area contributed by atoms with Crippen LogP contribution < -0.4 is 5.11 Å². The van der Waals surface area contributed by atoms with Gasteiger partial charge in [-0.25, -0.2) is 0 Å². The van der Waals surface area contributed by atoms with Crippen LogP contribution >= 0.6 is 0 Å². The topological polar surface area (TPSA) is 102 Å². The molecule has 0 aliphatic carbocycles. The van der Waals surface area contributed by atoms with Gasteiger partial charge in [0.05, 0.1) is 40.3 Å². The molecule has 0 amide bonds. The van der Waals surface area contributed by atoms with E-state index in [-0.39, 0.29) is 49.1 Å². The maximum atomic E-state index is 12.7. The second-order valence-corrected chi connectivity index (χ2v) is 16.6. The third-order valence-electron chi connectivity index (χ3n) is 10.0. The van der Waals surface area contributed by atoms with Gasteiger partial charge in [-0.1, -0.05) is 150 Å². The summed E-state index contributed by atoms with van der Waals surface area (Å²) in [6.07, 6.45) is 54.7. The molecule has 0 aromatic carbocycles. The first-order valence-electron chi connectivity index (χ1n) is 23.6. The first-order valence-corrected chi connectivity index (χ1v) is 23.6. The fraction of sp³-hybridized carbons (Fsp3) is 0.673. The number of carbonyl (C=O) groups excluding carboxylic acids is 3. The molecule has 0 saturated carbocycles. The Morgan fingerprint density at radius 1 is 0.517 bits per heavy atom. The lowest BCUT2D eigenvalue weighted by Gasteiger charge is -2.34. The van der Waals surface area contributed by atoms with Crippen LogP contribution in [0.3, 0.4) is 0 Å². The predicted octanol–water partition coefficient (Wildman–Crippen LogP) is 12.0. The van der Waals surface area contributed by atoms with E-state index in [1.807, 2.05) is 0 Å². The molecular weight excluding hydrogens is 751 g/mol. The van der Waals surface area contributed by atoms with Crippen LogP contribution in [-0.4, -0.2) is 75.5 Å². The summed E-state index contributed by atoms with van der Waals surface area (Å²) in [6, 6.07) is -0.739. The van der Waals surface area contributed by atoms with Crippen LogP contribution in [-0.2, 0) is 28.6 Å².